The molecule has 2 heterocycles. The minimum Gasteiger partial charge on any atom is -0.269 e. The standard InChI is InChI=1S/C11H14ClN3S/c1-4-15-8(3)11(7(2)14-15)9-6-16-10(5-12)13-9/h6H,4-5H2,1-3H3. The van der Waals surface area contributed by atoms with Gasteiger partial charge in [-0.1, -0.05) is 0 Å². The smallest absolute Gasteiger partial charge is 0.108 e. The largest absolute Gasteiger partial charge is 0.269 e. The molecule has 0 radical (unpaired) electrons. The molecule has 0 saturated carbocycles. The molecule has 3 nitrogen and oxygen atoms in total. The van der Waals surface area contributed by atoms with Gasteiger partial charge in [0.1, 0.15) is 5.01 Å². The molecular formula is C11H14ClN3S. The fourth-order valence-corrected chi connectivity index (χ4v) is 2.74. The Morgan fingerprint density at radius 1 is 1.44 bits per heavy atom. The Bertz CT molecular complexity index is 501. The Hall–Kier alpha value is -0.870. The first kappa shape index (κ1) is 11.6. The van der Waals surface area contributed by atoms with Crippen LogP contribution in [0, 0.1) is 13.8 Å². The molecular weight excluding hydrogens is 242 g/mol. The van der Waals surface area contributed by atoms with Crippen LogP contribution in [0.5, 0.6) is 0 Å². The molecule has 0 aliphatic heterocycles. The van der Waals surface area contributed by atoms with Crippen molar-refractivity contribution in [3.05, 3.63) is 21.8 Å². The van der Waals surface area contributed by atoms with Crippen LogP contribution in [0.1, 0.15) is 23.3 Å². The number of hydrogen-bond donors (Lipinski definition) is 0. The third-order valence-corrected chi connectivity index (χ3v) is 3.86. The van der Waals surface area contributed by atoms with Crippen molar-refractivity contribution in [1.82, 2.24) is 14.8 Å². The first-order valence-electron chi connectivity index (χ1n) is 5.22. The number of thiazole rings is 1. The minimum absolute atomic E-state index is 0.477. The van der Waals surface area contributed by atoms with Gasteiger partial charge in [-0.3, -0.25) is 4.68 Å². The van der Waals surface area contributed by atoms with E-state index in [9.17, 15) is 0 Å². The number of hydrogen-bond acceptors (Lipinski definition) is 3. The zero-order chi connectivity index (χ0) is 11.7. The second-order valence-electron chi connectivity index (χ2n) is 3.62. The minimum atomic E-state index is 0.477. The fourth-order valence-electron chi connectivity index (χ4n) is 1.86. The van der Waals surface area contributed by atoms with Crippen LogP contribution in [0.15, 0.2) is 5.38 Å². The van der Waals surface area contributed by atoms with Gasteiger partial charge in [-0.05, 0) is 20.8 Å². The van der Waals surface area contributed by atoms with Gasteiger partial charge in [-0.2, -0.15) is 5.10 Å². The highest BCUT2D eigenvalue weighted by Crippen LogP contribution is 2.28. The predicted molar refractivity (Wildman–Crippen MR) is 68.0 cm³/mol. The summed E-state index contributed by atoms with van der Waals surface area (Å²) >= 11 is 7.37. The van der Waals surface area contributed by atoms with Gasteiger partial charge in [0.15, 0.2) is 0 Å². The van der Waals surface area contributed by atoms with Crippen LogP contribution < -0.4 is 0 Å². The van der Waals surface area contributed by atoms with Crippen LogP contribution in [-0.2, 0) is 12.4 Å². The highest BCUT2D eigenvalue weighted by molar-refractivity contribution is 7.10. The molecule has 0 aliphatic carbocycles. The maximum Gasteiger partial charge on any atom is 0.108 e. The van der Waals surface area contributed by atoms with E-state index in [2.05, 4.69) is 29.3 Å². The Balaban J connectivity index is 2.50. The van der Waals surface area contributed by atoms with Crippen LogP contribution in [0.2, 0.25) is 0 Å². The fraction of sp³-hybridized carbons (Fsp3) is 0.455. The second kappa shape index (κ2) is 4.55. The lowest BCUT2D eigenvalue weighted by Gasteiger charge is -1.99. The monoisotopic (exact) mass is 255 g/mol. The molecule has 16 heavy (non-hydrogen) atoms. The van der Waals surface area contributed by atoms with Crippen LogP contribution in [0.25, 0.3) is 11.3 Å². The van der Waals surface area contributed by atoms with Crippen molar-refractivity contribution in [1.29, 1.82) is 0 Å². The van der Waals surface area contributed by atoms with Crippen molar-refractivity contribution >= 4 is 22.9 Å². The van der Waals surface area contributed by atoms with E-state index in [1.54, 1.807) is 11.3 Å². The molecule has 0 fully saturated rings. The average Bonchev–Trinajstić information content (AvgIpc) is 2.83. The molecule has 0 atom stereocenters. The van der Waals surface area contributed by atoms with Gasteiger partial charge in [-0.25, -0.2) is 4.98 Å². The van der Waals surface area contributed by atoms with E-state index in [4.69, 9.17) is 11.6 Å². The zero-order valence-electron chi connectivity index (χ0n) is 9.62. The van der Waals surface area contributed by atoms with E-state index in [0.29, 0.717) is 5.88 Å². The summed E-state index contributed by atoms with van der Waals surface area (Å²) in [5, 5.41) is 7.50. The molecule has 0 unspecified atom stereocenters. The van der Waals surface area contributed by atoms with Gasteiger partial charge in [-0.15, -0.1) is 22.9 Å². The summed E-state index contributed by atoms with van der Waals surface area (Å²) < 4.78 is 2.00. The van der Waals surface area contributed by atoms with E-state index >= 15 is 0 Å². The normalized spacial score (nSPS) is 11.0. The van der Waals surface area contributed by atoms with Gasteiger partial charge in [0, 0.05) is 23.2 Å². The summed E-state index contributed by atoms with van der Waals surface area (Å²) in [6.45, 7) is 7.08. The Morgan fingerprint density at radius 3 is 2.69 bits per heavy atom. The summed E-state index contributed by atoms with van der Waals surface area (Å²) in [5.41, 5.74) is 4.35. The van der Waals surface area contributed by atoms with Crippen molar-refractivity contribution in [2.24, 2.45) is 0 Å². The lowest BCUT2D eigenvalue weighted by Crippen LogP contribution is -1.98. The number of aryl methyl sites for hydroxylation is 2. The number of aromatic nitrogens is 3. The third kappa shape index (κ3) is 1.87. The molecule has 2 rings (SSSR count). The maximum absolute atomic E-state index is 5.77. The number of nitrogens with zero attached hydrogens (tertiary/aromatic N) is 3. The third-order valence-electron chi connectivity index (χ3n) is 2.60. The average molecular weight is 256 g/mol. The summed E-state index contributed by atoms with van der Waals surface area (Å²) in [4.78, 5) is 4.50. The van der Waals surface area contributed by atoms with Crippen LogP contribution >= 0.6 is 22.9 Å². The van der Waals surface area contributed by atoms with E-state index in [1.807, 2.05) is 11.6 Å². The van der Waals surface area contributed by atoms with Crippen LogP contribution in [0.3, 0.4) is 0 Å². The lowest BCUT2D eigenvalue weighted by molar-refractivity contribution is 0.634. The van der Waals surface area contributed by atoms with Gasteiger partial charge >= 0.3 is 0 Å². The van der Waals surface area contributed by atoms with Crippen molar-refractivity contribution in [2.75, 3.05) is 0 Å². The van der Waals surface area contributed by atoms with Gasteiger partial charge in [0.2, 0.25) is 0 Å². The highest BCUT2D eigenvalue weighted by Gasteiger charge is 2.15. The summed E-state index contributed by atoms with van der Waals surface area (Å²) in [7, 11) is 0. The van der Waals surface area contributed by atoms with Gasteiger partial charge in [0.25, 0.3) is 0 Å². The van der Waals surface area contributed by atoms with Gasteiger partial charge < -0.3 is 0 Å². The molecule has 0 N–H and O–H groups in total. The summed E-state index contributed by atoms with van der Waals surface area (Å²) in [5.74, 6) is 0.477. The molecule has 0 amide bonds. The molecule has 2 aromatic heterocycles. The molecule has 0 aliphatic rings. The SMILES string of the molecule is CCn1nc(C)c(-c2csc(CCl)n2)c1C. The Kier molecular flexibility index (Phi) is 3.30. The molecule has 86 valence electrons. The zero-order valence-corrected chi connectivity index (χ0v) is 11.2. The molecule has 0 aromatic carbocycles. The maximum atomic E-state index is 5.77. The molecule has 0 saturated heterocycles. The van der Waals surface area contributed by atoms with E-state index in [-0.39, 0.29) is 0 Å². The van der Waals surface area contributed by atoms with E-state index in [0.717, 1.165) is 28.5 Å². The molecule has 0 spiro atoms. The van der Waals surface area contributed by atoms with Crippen LogP contribution in [-0.4, -0.2) is 14.8 Å². The summed E-state index contributed by atoms with van der Waals surface area (Å²) in [6.07, 6.45) is 0. The first-order chi connectivity index (χ1) is 7.67. The predicted octanol–water partition coefficient (Wildman–Crippen LogP) is 3.38. The Morgan fingerprint density at radius 2 is 2.19 bits per heavy atom. The van der Waals surface area contributed by atoms with E-state index in [1.165, 1.54) is 5.69 Å². The number of rotatable bonds is 3. The van der Waals surface area contributed by atoms with Crippen molar-refractivity contribution in [3.63, 3.8) is 0 Å². The highest BCUT2D eigenvalue weighted by atomic mass is 35.5. The molecule has 5 heteroatoms. The van der Waals surface area contributed by atoms with E-state index < -0.39 is 0 Å². The Labute approximate surface area is 104 Å². The molecule has 2 aromatic rings. The number of halogens is 1. The van der Waals surface area contributed by atoms with Crippen molar-refractivity contribution in [3.8, 4) is 11.3 Å². The topological polar surface area (TPSA) is 30.7 Å². The molecule has 0 bridgehead atoms. The first-order valence-corrected chi connectivity index (χ1v) is 6.63. The van der Waals surface area contributed by atoms with Crippen LogP contribution in [0.4, 0.5) is 0 Å². The summed E-state index contributed by atoms with van der Waals surface area (Å²) in [6, 6.07) is 0. The van der Waals surface area contributed by atoms with Crippen molar-refractivity contribution in [2.45, 2.75) is 33.2 Å². The van der Waals surface area contributed by atoms with Crippen molar-refractivity contribution < 1.29 is 0 Å². The number of alkyl halides is 1. The van der Waals surface area contributed by atoms with Gasteiger partial charge in [0.05, 0.1) is 17.3 Å². The lowest BCUT2D eigenvalue weighted by atomic mass is 10.1. The second-order valence-corrected chi connectivity index (χ2v) is 4.83. The quantitative estimate of drug-likeness (QED) is 0.788.